The fourth-order valence-electron chi connectivity index (χ4n) is 1.87. The highest BCUT2D eigenvalue weighted by Crippen LogP contribution is 2.18. The Bertz CT molecular complexity index is 892. The van der Waals surface area contributed by atoms with E-state index in [4.69, 9.17) is 0 Å². The third-order valence-electron chi connectivity index (χ3n) is 2.94. The van der Waals surface area contributed by atoms with Crippen molar-refractivity contribution in [2.45, 2.75) is 13.8 Å². The monoisotopic (exact) mass is 242 g/mol. The van der Waals surface area contributed by atoms with Crippen molar-refractivity contribution < 1.29 is 0 Å². The van der Waals surface area contributed by atoms with Gasteiger partial charge in [-0.1, -0.05) is 0 Å². The molecule has 0 fully saturated rings. The van der Waals surface area contributed by atoms with E-state index in [1.165, 1.54) is 0 Å². The molecule has 0 aliphatic heterocycles. The summed E-state index contributed by atoms with van der Waals surface area (Å²) in [6, 6.07) is 3.48. The molecule has 0 atom stereocenters. The van der Waals surface area contributed by atoms with Crippen LogP contribution in [-0.2, 0) is 0 Å². The van der Waals surface area contributed by atoms with E-state index >= 15 is 0 Å². The minimum absolute atomic E-state index is 0.507. The zero-order valence-corrected chi connectivity index (χ0v) is 9.87. The van der Waals surface area contributed by atoms with Gasteiger partial charge in [-0.2, -0.15) is 0 Å². The van der Waals surface area contributed by atoms with Gasteiger partial charge in [0.05, 0.1) is 27.9 Å². The lowest BCUT2D eigenvalue weighted by atomic mass is 10.2. The molecule has 3 rings (SSSR count). The number of H-pyrrole nitrogens is 2. The van der Waals surface area contributed by atoms with Crippen molar-refractivity contribution in [2.75, 3.05) is 0 Å². The van der Waals surface area contributed by atoms with Crippen molar-refractivity contribution in [1.29, 1.82) is 0 Å². The molecule has 0 aliphatic rings. The number of hydrogen-bond donors (Lipinski definition) is 2. The van der Waals surface area contributed by atoms with Gasteiger partial charge >= 0.3 is 11.1 Å². The Kier molecular flexibility index (Phi) is 2.07. The van der Waals surface area contributed by atoms with Gasteiger partial charge < -0.3 is 9.97 Å². The van der Waals surface area contributed by atoms with Crippen LogP contribution in [0.5, 0.6) is 0 Å². The first-order chi connectivity index (χ1) is 8.56. The maximum absolute atomic E-state index is 11.4. The number of rotatable bonds is 0. The molecule has 0 spiro atoms. The molecule has 2 aromatic heterocycles. The molecule has 0 aliphatic carbocycles. The Hall–Kier alpha value is -2.50. The molecule has 1 aromatic carbocycles. The SMILES string of the molecule is Cc1nc2ccc3[nH]c(=O)c(=O)[nH]c3c2nc1C. The Balaban J connectivity index is 2.60. The van der Waals surface area contributed by atoms with Crippen LogP contribution in [0.4, 0.5) is 0 Å². The van der Waals surface area contributed by atoms with E-state index in [9.17, 15) is 9.59 Å². The van der Waals surface area contributed by atoms with Gasteiger partial charge in [0.1, 0.15) is 5.52 Å². The molecule has 2 heterocycles. The van der Waals surface area contributed by atoms with Gasteiger partial charge in [0.2, 0.25) is 0 Å². The molecule has 90 valence electrons. The van der Waals surface area contributed by atoms with E-state index in [-0.39, 0.29) is 0 Å². The van der Waals surface area contributed by atoms with Gasteiger partial charge in [-0.25, -0.2) is 9.97 Å². The summed E-state index contributed by atoms with van der Waals surface area (Å²) in [7, 11) is 0. The van der Waals surface area contributed by atoms with E-state index < -0.39 is 11.1 Å². The van der Waals surface area contributed by atoms with Gasteiger partial charge in [0, 0.05) is 0 Å². The Labute approximate surface area is 101 Å². The summed E-state index contributed by atoms with van der Waals surface area (Å²) < 4.78 is 0. The number of fused-ring (bicyclic) bond motifs is 3. The van der Waals surface area contributed by atoms with Gasteiger partial charge in [-0.3, -0.25) is 9.59 Å². The van der Waals surface area contributed by atoms with Gasteiger partial charge in [0.15, 0.2) is 0 Å². The highest BCUT2D eigenvalue weighted by atomic mass is 16.2. The highest BCUT2D eigenvalue weighted by Gasteiger charge is 2.08. The second kappa shape index (κ2) is 3.49. The molecule has 6 nitrogen and oxygen atoms in total. The predicted molar refractivity (Wildman–Crippen MR) is 67.8 cm³/mol. The van der Waals surface area contributed by atoms with Crippen LogP contribution >= 0.6 is 0 Å². The summed E-state index contributed by atoms with van der Waals surface area (Å²) in [5, 5.41) is 0. The molecule has 0 unspecified atom stereocenters. The first kappa shape index (κ1) is 10.6. The summed E-state index contributed by atoms with van der Waals surface area (Å²) in [6.07, 6.45) is 0. The summed E-state index contributed by atoms with van der Waals surface area (Å²) in [5.41, 5.74) is 2.61. The molecule has 0 saturated carbocycles. The largest absolute Gasteiger partial charge is 0.316 e. The fourth-order valence-corrected chi connectivity index (χ4v) is 1.87. The lowest BCUT2D eigenvalue weighted by Crippen LogP contribution is -2.29. The smallest absolute Gasteiger partial charge is 0.314 e. The normalized spacial score (nSPS) is 11.2. The maximum Gasteiger partial charge on any atom is 0.314 e. The Morgan fingerprint density at radius 3 is 2.39 bits per heavy atom. The Morgan fingerprint density at radius 2 is 1.61 bits per heavy atom. The second-order valence-electron chi connectivity index (χ2n) is 4.16. The van der Waals surface area contributed by atoms with Crippen LogP contribution in [0.25, 0.3) is 22.1 Å². The molecule has 0 bridgehead atoms. The average Bonchev–Trinajstić information content (AvgIpc) is 2.33. The van der Waals surface area contributed by atoms with Crippen molar-refractivity contribution in [2.24, 2.45) is 0 Å². The number of nitrogens with zero attached hydrogens (tertiary/aromatic N) is 2. The van der Waals surface area contributed by atoms with Crippen LogP contribution in [-0.4, -0.2) is 19.9 Å². The van der Waals surface area contributed by atoms with E-state index in [1.807, 2.05) is 13.8 Å². The zero-order chi connectivity index (χ0) is 12.9. The highest BCUT2D eigenvalue weighted by molar-refractivity contribution is 5.99. The minimum Gasteiger partial charge on any atom is -0.316 e. The summed E-state index contributed by atoms with van der Waals surface area (Å²) in [5.74, 6) is 0. The van der Waals surface area contributed by atoms with Crippen LogP contribution in [0.15, 0.2) is 21.7 Å². The molecular weight excluding hydrogens is 232 g/mol. The molecular formula is C12H10N4O2. The molecule has 3 aromatic rings. The predicted octanol–water partition coefficient (Wildman–Crippen LogP) is 0.776. The quantitative estimate of drug-likeness (QED) is 0.450. The number of nitrogens with one attached hydrogen (secondary N) is 2. The van der Waals surface area contributed by atoms with Crippen LogP contribution < -0.4 is 11.1 Å². The zero-order valence-electron chi connectivity index (χ0n) is 9.87. The van der Waals surface area contributed by atoms with E-state index in [0.29, 0.717) is 22.1 Å². The standard InChI is InChI=1S/C12H10N4O2/c1-5-6(2)14-9-7(13-5)3-4-8-10(9)16-12(18)11(17)15-8/h3-4H,1-2H3,(H,15,17)(H,16,18). The van der Waals surface area contributed by atoms with Crippen molar-refractivity contribution in [3.8, 4) is 0 Å². The summed E-state index contributed by atoms with van der Waals surface area (Å²) >= 11 is 0. The fraction of sp³-hybridized carbons (Fsp3) is 0.167. The number of benzene rings is 1. The topological polar surface area (TPSA) is 91.5 Å². The van der Waals surface area contributed by atoms with Crippen LogP contribution in [0.3, 0.4) is 0 Å². The van der Waals surface area contributed by atoms with Crippen molar-refractivity contribution in [3.05, 3.63) is 44.2 Å². The average molecular weight is 242 g/mol. The van der Waals surface area contributed by atoms with Crippen molar-refractivity contribution in [1.82, 2.24) is 19.9 Å². The second-order valence-corrected chi connectivity index (χ2v) is 4.16. The maximum atomic E-state index is 11.4. The van der Waals surface area contributed by atoms with E-state index in [1.54, 1.807) is 12.1 Å². The molecule has 0 radical (unpaired) electrons. The number of aromatic amines is 2. The van der Waals surface area contributed by atoms with Gasteiger partial charge in [0.25, 0.3) is 0 Å². The number of aromatic nitrogens is 4. The Morgan fingerprint density at radius 1 is 0.944 bits per heavy atom. The molecule has 2 N–H and O–H groups in total. The minimum atomic E-state index is -0.685. The lowest BCUT2D eigenvalue weighted by Gasteiger charge is -2.05. The van der Waals surface area contributed by atoms with Crippen LogP contribution in [0.1, 0.15) is 11.4 Å². The summed E-state index contributed by atoms with van der Waals surface area (Å²) in [4.78, 5) is 36.5. The van der Waals surface area contributed by atoms with Gasteiger partial charge in [-0.15, -0.1) is 0 Å². The van der Waals surface area contributed by atoms with Crippen LogP contribution in [0, 0.1) is 13.8 Å². The number of hydrogen-bond acceptors (Lipinski definition) is 4. The van der Waals surface area contributed by atoms with Crippen molar-refractivity contribution >= 4 is 22.1 Å². The van der Waals surface area contributed by atoms with E-state index in [2.05, 4.69) is 19.9 Å². The number of aryl methyl sites for hydroxylation is 2. The molecule has 18 heavy (non-hydrogen) atoms. The van der Waals surface area contributed by atoms with Crippen LogP contribution in [0.2, 0.25) is 0 Å². The third kappa shape index (κ3) is 1.42. The molecule has 0 amide bonds. The molecule has 6 heteroatoms. The van der Waals surface area contributed by atoms with E-state index in [0.717, 1.165) is 11.4 Å². The third-order valence-corrected chi connectivity index (χ3v) is 2.94. The lowest BCUT2D eigenvalue weighted by molar-refractivity contribution is 1.09. The first-order valence-corrected chi connectivity index (χ1v) is 5.46. The first-order valence-electron chi connectivity index (χ1n) is 5.46. The van der Waals surface area contributed by atoms with Crippen molar-refractivity contribution in [3.63, 3.8) is 0 Å². The molecule has 0 saturated heterocycles. The summed E-state index contributed by atoms with van der Waals surface area (Å²) in [6.45, 7) is 3.73. The van der Waals surface area contributed by atoms with Gasteiger partial charge in [-0.05, 0) is 26.0 Å².